The zero-order valence-electron chi connectivity index (χ0n) is 23.5. The molecule has 2 amide bonds. The van der Waals surface area contributed by atoms with Crippen molar-refractivity contribution in [2.24, 2.45) is 5.41 Å². The highest BCUT2D eigenvalue weighted by atomic mass is 16.2. The number of likely N-dealkylation sites (tertiary alicyclic amines) is 1. The van der Waals surface area contributed by atoms with Gasteiger partial charge >= 0.3 is 0 Å². The standard InChI is InChI=1S/C32H39N5O2/c1-20(21-5-7-22(8-6-21)30(38)33-25-12-15-36(4)16-13-25)37-19-24-17-23(9-10-26(24)31(37)39)29-27-11-14-32(2,3)18-28(27)34-35-29/h5-10,17,20,25H,11-16,18-19H2,1-4H3,(H,33,38)(H,34,35)/t20-/m1/s1. The van der Waals surface area contributed by atoms with Gasteiger partial charge in [-0.3, -0.25) is 14.7 Å². The molecule has 0 spiro atoms. The van der Waals surface area contributed by atoms with E-state index in [9.17, 15) is 9.59 Å². The Morgan fingerprint density at radius 2 is 1.87 bits per heavy atom. The first-order valence-corrected chi connectivity index (χ1v) is 14.3. The summed E-state index contributed by atoms with van der Waals surface area (Å²) in [7, 11) is 2.12. The normalized spacial score (nSPS) is 20.0. The summed E-state index contributed by atoms with van der Waals surface area (Å²) in [5, 5.41) is 11.1. The Morgan fingerprint density at radius 3 is 2.62 bits per heavy atom. The minimum Gasteiger partial charge on any atom is -0.349 e. The van der Waals surface area contributed by atoms with E-state index in [1.165, 1.54) is 11.3 Å². The van der Waals surface area contributed by atoms with E-state index in [0.29, 0.717) is 17.5 Å². The Bertz CT molecular complexity index is 1400. The molecule has 7 nitrogen and oxygen atoms in total. The SMILES string of the molecule is C[C@H](c1ccc(C(=O)NC2CCN(C)CC2)cc1)N1Cc2cc(-c3n[nH]c4c3CCC(C)(C)C4)ccc2C1=O. The number of benzene rings is 2. The van der Waals surface area contributed by atoms with E-state index in [1.54, 1.807) is 0 Å². The summed E-state index contributed by atoms with van der Waals surface area (Å²) in [5.74, 6) is 0.0315. The number of hydrogen-bond acceptors (Lipinski definition) is 4. The number of fused-ring (bicyclic) bond motifs is 2. The largest absolute Gasteiger partial charge is 0.349 e. The Morgan fingerprint density at radius 1 is 1.13 bits per heavy atom. The molecule has 3 aliphatic rings. The predicted molar refractivity (Wildman–Crippen MR) is 153 cm³/mol. The van der Waals surface area contributed by atoms with Crippen molar-refractivity contribution in [3.8, 4) is 11.3 Å². The van der Waals surface area contributed by atoms with E-state index >= 15 is 0 Å². The Hall–Kier alpha value is -3.45. The van der Waals surface area contributed by atoms with Gasteiger partial charge in [-0.05, 0) is 100.0 Å². The lowest BCUT2D eigenvalue weighted by Gasteiger charge is -2.29. The number of hydrogen-bond donors (Lipinski definition) is 2. The van der Waals surface area contributed by atoms with Crippen LogP contribution in [0, 0.1) is 5.41 Å². The van der Waals surface area contributed by atoms with E-state index in [-0.39, 0.29) is 23.9 Å². The van der Waals surface area contributed by atoms with Crippen LogP contribution in [0.2, 0.25) is 0 Å². The molecule has 0 bridgehead atoms. The van der Waals surface area contributed by atoms with Crippen molar-refractivity contribution >= 4 is 11.8 Å². The summed E-state index contributed by atoms with van der Waals surface area (Å²) < 4.78 is 0. The van der Waals surface area contributed by atoms with Gasteiger partial charge in [0, 0.05) is 40.5 Å². The highest BCUT2D eigenvalue weighted by Gasteiger charge is 2.33. The average Bonchev–Trinajstić information content (AvgIpc) is 3.49. The molecule has 2 N–H and O–H groups in total. The highest BCUT2D eigenvalue weighted by Crippen LogP contribution is 2.39. The molecule has 1 atom stereocenters. The monoisotopic (exact) mass is 525 g/mol. The zero-order valence-corrected chi connectivity index (χ0v) is 23.5. The first-order valence-electron chi connectivity index (χ1n) is 14.3. The summed E-state index contributed by atoms with van der Waals surface area (Å²) >= 11 is 0. The topological polar surface area (TPSA) is 81.3 Å². The smallest absolute Gasteiger partial charge is 0.255 e. The van der Waals surface area contributed by atoms with Gasteiger partial charge in [0.15, 0.2) is 0 Å². The van der Waals surface area contributed by atoms with Crippen LogP contribution in [0.4, 0.5) is 0 Å². The quantitative estimate of drug-likeness (QED) is 0.484. The minimum atomic E-state index is -0.0975. The van der Waals surface area contributed by atoms with Crippen LogP contribution in [0.15, 0.2) is 42.5 Å². The lowest BCUT2D eigenvalue weighted by atomic mass is 9.76. The molecule has 2 aromatic carbocycles. The molecule has 0 saturated carbocycles. The van der Waals surface area contributed by atoms with Gasteiger partial charge < -0.3 is 15.1 Å². The number of nitrogens with one attached hydrogen (secondary N) is 2. The average molecular weight is 526 g/mol. The van der Waals surface area contributed by atoms with E-state index in [0.717, 1.165) is 73.1 Å². The third-order valence-electron chi connectivity index (χ3n) is 9.05. The highest BCUT2D eigenvalue weighted by molar-refractivity contribution is 5.99. The van der Waals surface area contributed by atoms with Gasteiger partial charge in [-0.15, -0.1) is 0 Å². The number of nitrogens with zero attached hydrogens (tertiary/aromatic N) is 3. The zero-order chi connectivity index (χ0) is 27.3. The first-order chi connectivity index (χ1) is 18.7. The number of aromatic nitrogens is 2. The van der Waals surface area contributed by atoms with E-state index in [1.807, 2.05) is 41.3 Å². The van der Waals surface area contributed by atoms with Gasteiger partial charge in [-0.1, -0.05) is 32.0 Å². The van der Waals surface area contributed by atoms with Gasteiger partial charge in [0.25, 0.3) is 11.8 Å². The number of rotatable bonds is 5. The molecular formula is C32H39N5O2. The van der Waals surface area contributed by atoms with Gasteiger partial charge in [0.05, 0.1) is 11.7 Å². The van der Waals surface area contributed by atoms with Crippen LogP contribution in [0.3, 0.4) is 0 Å². The number of carbonyl (C=O) groups is 2. The van der Waals surface area contributed by atoms with Crippen LogP contribution in [-0.4, -0.2) is 58.0 Å². The van der Waals surface area contributed by atoms with Crippen molar-refractivity contribution in [3.63, 3.8) is 0 Å². The third kappa shape index (κ3) is 5.00. The number of aromatic amines is 1. The maximum absolute atomic E-state index is 13.4. The Labute approximate surface area is 231 Å². The van der Waals surface area contributed by atoms with Crippen LogP contribution in [-0.2, 0) is 19.4 Å². The van der Waals surface area contributed by atoms with Crippen molar-refractivity contribution in [1.82, 2.24) is 25.3 Å². The molecule has 39 heavy (non-hydrogen) atoms. The molecule has 1 fully saturated rings. The number of amides is 2. The molecule has 1 saturated heterocycles. The van der Waals surface area contributed by atoms with Crippen molar-refractivity contribution in [1.29, 1.82) is 0 Å². The summed E-state index contributed by atoms with van der Waals surface area (Å²) in [6.07, 6.45) is 5.16. The summed E-state index contributed by atoms with van der Waals surface area (Å²) in [5.41, 5.74) is 8.47. The molecule has 0 unspecified atom stereocenters. The second-order valence-electron chi connectivity index (χ2n) is 12.5. The molecule has 1 aromatic heterocycles. The minimum absolute atomic E-state index is 0.0231. The predicted octanol–water partition coefficient (Wildman–Crippen LogP) is 5.13. The second-order valence-corrected chi connectivity index (χ2v) is 12.5. The molecule has 2 aliphatic heterocycles. The molecule has 6 rings (SSSR count). The third-order valence-corrected chi connectivity index (χ3v) is 9.05. The lowest BCUT2D eigenvalue weighted by molar-refractivity contribution is 0.0715. The fourth-order valence-corrected chi connectivity index (χ4v) is 6.40. The van der Waals surface area contributed by atoms with Crippen molar-refractivity contribution in [2.75, 3.05) is 20.1 Å². The van der Waals surface area contributed by atoms with Crippen molar-refractivity contribution in [2.45, 2.75) is 71.5 Å². The fraction of sp³-hybridized carbons (Fsp3) is 0.469. The molecular weight excluding hydrogens is 486 g/mol. The number of H-pyrrole nitrogens is 1. The number of carbonyl (C=O) groups excluding carboxylic acids is 2. The second kappa shape index (κ2) is 9.94. The summed E-state index contributed by atoms with van der Waals surface area (Å²) in [6, 6.07) is 14.0. The van der Waals surface area contributed by atoms with Crippen LogP contribution in [0.1, 0.15) is 89.2 Å². The maximum Gasteiger partial charge on any atom is 0.255 e. The van der Waals surface area contributed by atoms with Crippen LogP contribution in [0.5, 0.6) is 0 Å². The summed E-state index contributed by atoms with van der Waals surface area (Å²) in [6.45, 7) is 9.28. The first kappa shape index (κ1) is 25.8. The van der Waals surface area contributed by atoms with E-state index < -0.39 is 0 Å². The fourth-order valence-electron chi connectivity index (χ4n) is 6.40. The van der Waals surface area contributed by atoms with Gasteiger partial charge in [0.2, 0.25) is 0 Å². The van der Waals surface area contributed by atoms with E-state index in [2.05, 4.69) is 54.3 Å². The molecule has 0 radical (unpaired) electrons. The molecule has 7 heteroatoms. The van der Waals surface area contributed by atoms with E-state index in [4.69, 9.17) is 0 Å². The molecule has 3 aromatic rings. The molecule has 204 valence electrons. The maximum atomic E-state index is 13.4. The number of piperidine rings is 1. The molecule has 3 heterocycles. The lowest BCUT2D eigenvalue weighted by Crippen LogP contribution is -2.43. The molecule has 1 aliphatic carbocycles. The van der Waals surface area contributed by atoms with Gasteiger partial charge in [-0.25, -0.2) is 0 Å². The van der Waals surface area contributed by atoms with Crippen LogP contribution in [0.25, 0.3) is 11.3 Å². The van der Waals surface area contributed by atoms with Crippen molar-refractivity contribution < 1.29 is 9.59 Å². The van der Waals surface area contributed by atoms with Crippen LogP contribution >= 0.6 is 0 Å². The summed E-state index contributed by atoms with van der Waals surface area (Å²) in [4.78, 5) is 30.4. The van der Waals surface area contributed by atoms with Gasteiger partial charge in [0.1, 0.15) is 0 Å². The van der Waals surface area contributed by atoms with Crippen molar-refractivity contribution in [3.05, 3.63) is 76.0 Å². The Kier molecular flexibility index (Phi) is 6.58. The van der Waals surface area contributed by atoms with Gasteiger partial charge in [-0.2, -0.15) is 5.10 Å². The van der Waals surface area contributed by atoms with Crippen LogP contribution < -0.4 is 5.32 Å². The Balaban J connectivity index is 1.14.